The Balaban J connectivity index is 1.38. The molecule has 2 aromatic rings. The van der Waals surface area contributed by atoms with E-state index in [0.717, 1.165) is 25.7 Å². The molecule has 2 aromatic heterocycles. The SMILES string of the molecule is COc1ccc(C(=O)N2CC3(C2)C(c2nc(C4CCCC4)no2)CCS3(=O)=O)c(OC)n1. The van der Waals surface area contributed by atoms with Crippen LogP contribution in [-0.4, -0.2) is 72.2 Å². The first-order valence-electron chi connectivity index (χ1n) is 10.8. The highest BCUT2D eigenvalue weighted by Gasteiger charge is 2.64. The van der Waals surface area contributed by atoms with Crippen LogP contribution in [0.1, 0.15) is 66.0 Å². The third-order valence-electron chi connectivity index (χ3n) is 7.08. The highest BCUT2D eigenvalue weighted by molar-refractivity contribution is 7.93. The average molecular weight is 463 g/mol. The summed E-state index contributed by atoms with van der Waals surface area (Å²) in [5.41, 5.74) is 0.261. The second-order valence-electron chi connectivity index (χ2n) is 8.77. The first kappa shape index (κ1) is 21.2. The predicted octanol–water partition coefficient (Wildman–Crippen LogP) is 1.94. The van der Waals surface area contributed by atoms with Gasteiger partial charge in [-0.05, 0) is 25.3 Å². The maximum atomic E-state index is 13.1. The van der Waals surface area contributed by atoms with E-state index in [1.54, 1.807) is 12.1 Å². The van der Waals surface area contributed by atoms with Gasteiger partial charge in [0.25, 0.3) is 5.91 Å². The third-order valence-corrected chi connectivity index (χ3v) is 9.63. The molecule has 2 aliphatic heterocycles. The van der Waals surface area contributed by atoms with Gasteiger partial charge in [0.1, 0.15) is 10.3 Å². The highest BCUT2D eigenvalue weighted by Crippen LogP contribution is 2.50. The summed E-state index contributed by atoms with van der Waals surface area (Å²) in [5.74, 6) is 1.12. The Bertz CT molecular complexity index is 1130. The summed E-state index contributed by atoms with van der Waals surface area (Å²) in [6.07, 6.45) is 4.79. The smallest absolute Gasteiger partial charge is 0.259 e. The fourth-order valence-corrected chi connectivity index (χ4v) is 7.54. The number of likely N-dealkylation sites (tertiary alicyclic amines) is 1. The van der Waals surface area contributed by atoms with Gasteiger partial charge in [0.05, 0.1) is 25.9 Å². The summed E-state index contributed by atoms with van der Waals surface area (Å²) in [6.45, 7) is 0.157. The fraction of sp³-hybridized carbons (Fsp3) is 0.619. The van der Waals surface area contributed by atoms with Crippen molar-refractivity contribution in [1.29, 1.82) is 0 Å². The van der Waals surface area contributed by atoms with E-state index in [-0.39, 0.29) is 42.1 Å². The highest BCUT2D eigenvalue weighted by atomic mass is 32.2. The van der Waals surface area contributed by atoms with Crippen molar-refractivity contribution >= 4 is 15.7 Å². The van der Waals surface area contributed by atoms with E-state index in [1.807, 2.05) is 0 Å². The van der Waals surface area contributed by atoms with Crippen LogP contribution in [0.25, 0.3) is 0 Å². The van der Waals surface area contributed by atoms with Gasteiger partial charge in [-0.2, -0.15) is 9.97 Å². The van der Waals surface area contributed by atoms with E-state index >= 15 is 0 Å². The van der Waals surface area contributed by atoms with Crippen molar-refractivity contribution in [2.75, 3.05) is 33.1 Å². The minimum absolute atomic E-state index is 0.0499. The maximum Gasteiger partial charge on any atom is 0.259 e. The van der Waals surface area contributed by atoms with E-state index < -0.39 is 20.5 Å². The van der Waals surface area contributed by atoms with Crippen LogP contribution in [0.15, 0.2) is 16.7 Å². The van der Waals surface area contributed by atoms with Gasteiger partial charge < -0.3 is 18.9 Å². The Hall–Kier alpha value is -2.69. The van der Waals surface area contributed by atoms with Gasteiger partial charge in [0.15, 0.2) is 15.7 Å². The van der Waals surface area contributed by atoms with Gasteiger partial charge in [-0.3, -0.25) is 4.79 Å². The molecule has 1 aliphatic carbocycles. The largest absolute Gasteiger partial charge is 0.481 e. The molecular weight excluding hydrogens is 436 g/mol. The Labute approximate surface area is 186 Å². The first-order chi connectivity index (χ1) is 15.4. The molecule has 0 aromatic carbocycles. The van der Waals surface area contributed by atoms with Crippen molar-refractivity contribution in [3.63, 3.8) is 0 Å². The van der Waals surface area contributed by atoms with Crippen LogP contribution in [-0.2, 0) is 9.84 Å². The number of pyridine rings is 1. The molecule has 0 radical (unpaired) electrons. The summed E-state index contributed by atoms with van der Waals surface area (Å²) >= 11 is 0. The van der Waals surface area contributed by atoms with Crippen molar-refractivity contribution in [2.24, 2.45) is 0 Å². The molecule has 5 rings (SSSR count). The van der Waals surface area contributed by atoms with Crippen molar-refractivity contribution in [3.05, 3.63) is 29.4 Å². The number of amides is 1. The molecule has 1 amide bonds. The number of sulfone groups is 1. The molecule has 1 saturated carbocycles. The second-order valence-corrected chi connectivity index (χ2v) is 11.2. The lowest BCUT2D eigenvalue weighted by atomic mass is 9.82. The zero-order valence-electron chi connectivity index (χ0n) is 18.1. The first-order valence-corrected chi connectivity index (χ1v) is 12.5. The molecule has 3 aliphatic rings. The van der Waals surface area contributed by atoms with Gasteiger partial charge in [-0.1, -0.05) is 18.0 Å². The summed E-state index contributed by atoms with van der Waals surface area (Å²) in [7, 11) is -0.523. The fourth-order valence-electron chi connectivity index (χ4n) is 5.23. The quantitative estimate of drug-likeness (QED) is 0.655. The van der Waals surface area contributed by atoms with Crippen LogP contribution < -0.4 is 9.47 Å². The third kappa shape index (κ3) is 3.16. The van der Waals surface area contributed by atoms with Gasteiger partial charge in [0.2, 0.25) is 17.7 Å². The molecule has 1 atom stereocenters. The van der Waals surface area contributed by atoms with Crippen LogP contribution >= 0.6 is 0 Å². The Kier molecular flexibility index (Phi) is 5.11. The molecule has 0 bridgehead atoms. The van der Waals surface area contributed by atoms with Gasteiger partial charge >= 0.3 is 0 Å². The molecule has 10 nitrogen and oxygen atoms in total. The Morgan fingerprint density at radius 2 is 1.88 bits per heavy atom. The van der Waals surface area contributed by atoms with Crippen LogP contribution in [0, 0.1) is 0 Å². The van der Waals surface area contributed by atoms with Crippen LogP contribution in [0.2, 0.25) is 0 Å². The molecule has 172 valence electrons. The number of methoxy groups -OCH3 is 2. The number of nitrogens with zero attached hydrogens (tertiary/aromatic N) is 4. The molecule has 11 heteroatoms. The van der Waals surface area contributed by atoms with Crippen molar-refractivity contribution in [1.82, 2.24) is 20.0 Å². The van der Waals surface area contributed by atoms with Crippen LogP contribution in [0.4, 0.5) is 0 Å². The lowest BCUT2D eigenvalue weighted by Crippen LogP contribution is -2.67. The monoisotopic (exact) mass is 462 g/mol. The Morgan fingerprint density at radius 1 is 1.12 bits per heavy atom. The molecule has 4 heterocycles. The minimum Gasteiger partial charge on any atom is -0.481 e. The second kappa shape index (κ2) is 7.72. The van der Waals surface area contributed by atoms with Crippen molar-refractivity contribution < 1.29 is 27.2 Å². The molecule has 1 spiro atoms. The van der Waals surface area contributed by atoms with E-state index in [4.69, 9.17) is 14.0 Å². The minimum atomic E-state index is -3.42. The van der Waals surface area contributed by atoms with Crippen molar-refractivity contribution in [3.8, 4) is 11.8 Å². The number of hydrogen-bond donors (Lipinski definition) is 0. The number of ether oxygens (including phenoxy) is 2. The number of carbonyl (C=O) groups excluding carboxylic acids is 1. The van der Waals surface area contributed by atoms with Gasteiger partial charge in [0, 0.05) is 25.1 Å². The topological polar surface area (TPSA) is 125 Å². The van der Waals surface area contributed by atoms with Crippen molar-refractivity contribution in [2.45, 2.75) is 48.7 Å². The molecular formula is C21H26N4O6S. The number of hydrogen-bond acceptors (Lipinski definition) is 9. The molecule has 1 unspecified atom stereocenters. The number of aromatic nitrogens is 3. The zero-order chi connectivity index (χ0) is 22.5. The number of rotatable bonds is 5. The molecule has 32 heavy (non-hydrogen) atoms. The van der Waals surface area contributed by atoms with E-state index in [1.165, 1.54) is 19.1 Å². The average Bonchev–Trinajstić information content (AvgIpc) is 3.50. The van der Waals surface area contributed by atoms with Gasteiger partial charge in [-0.25, -0.2) is 8.42 Å². The lowest BCUT2D eigenvalue weighted by Gasteiger charge is -2.48. The maximum absolute atomic E-state index is 13.1. The number of carbonyl (C=O) groups is 1. The summed E-state index contributed by atoms with van der Waals surface area (Å²) < 4.78 is 40.9. The van der Waals surface area contributed by atoms with Crippen LogP contribution in [0.3, 0.4) is 0 Å². The zero-order valence-corrected chi connectivity index (χ0v) is 18.9. The van der Waals surface area contributed by atoms with E-state index in [0.29, 0.717) is 24.0 Å². The molecule has 0 N–H and O–H groups in total. The normalized spacial score (nSPS) is 23.9. The molecule has 2 saturated heterocycles. The summed E-state index contributed by atoms with van der Waals surface area (Å²) in [5, 5.41) is 4.16. The lowest BCUT2D eigenvalue weighted by molar-refractivity contribution is 0.0500. The molecule has 3 fully saturated rings. The predicted molar refractivity (Wildman–Crippen MR) is 113 cm³/mol. The standard InChI is InChI=1S/C21H26N4O6S/c1-29-16-8-7-14(18(22-16)30-2)20(26)25-11-21(12-25)15(9-10-32(21,27)28)19-23-17(24-31-19)13-5-3-4-6-13/h7-8,13,15H,3-6,9-12H2,1-2H3. The van der Waals surface area contributed by atoms with E-state index in [2.05, 4.69) is 15.1 Å². The van der Waals surface area contributed by atoms with E-state index in [9.17, 15) is 13.2 Å². The van der Waals surface area contributed by atoms with Crippen LogP contribution in [0.5, 0.6) is 11.8 Å². The van der Waals surface area contributed by atoms with Gasteiger partial charge in [-0.15, -0.1) is 0 Å². The summed E-state index contributed by atoms with van der Waals surface area (Å²) in [4.78, 5) is 23.4. The Morgan fingerprint density at radius 3 is 2.56 bits per heavy atom. The summed E-state index contributed by atoms with van der Waals surface area (Å²) in [6, 6.07) is 3.15.